The van der Waals surface area contributed by atoms with Gasteiger partial charge >= 0.3 is 0 Å². The molecular formula is C21H24N4O3. The molecular weight excluding hydrogens is 356 g/mol. The van der Waals surface area contributed by atoms with Gasteiger partial charge in [0.1, 0.15) is 11.6 Å². The summed E-state index contributed by atoms with van der Waals surface area (Å²) in [6.45, 7) is 6.74. The number of morpholine rings is 1. The van der Waals surface area contributed by atoms with Gasteiger partial charge in [-0.1, -0.05) is 0 Å². The van der Waals surface area contributed by atoms with Crippen molar-refractivity contribution in [1.82, 2.24) is 4.98 Å². The first kappa shape index (κ1) is 19.6. The van der Waals surface area contributed by atoms with Crippen LogP contribution >= 0.6 is 0 Å². The zero-order valence-electron chi connectivity index (χ0n) is 16.2. The largest absolute Gasteiger partial charge is 0.378 e. The van der Waals surface area contributed by atoms with Gasteiger partial charge in [-0.2, -0.15) is 5.26 Å². The maximum absolute atomic E-state index is 12.3. The van der Waals surface area contributed by atoms with E-state index in [0.29, 0.717) is 17.7 Å². The standard InChI is InChI=1S/C21H24N4O3/c1-14-18(15(2)23-21(27)19(14)13-22)7-8-20(26)24-16-3-5-17(6-4-16)25-9-11-28-12-10-25/h3-6H,7-12H2,1-2H3,(H,23,27)(H,24,26). The van der Waals surface area contributed by atoms with Crippen LogP contribution in [0, 0.1) is 25.2 Å². The summed E-state index contributed by atoms with van der Waals surface area (Å²) < 4.78 is 5.36. The lowest BCUT2D eigenvalue weighted by Crippen LogP contribution is -2.36. The van der Waals surface area contributed by atoms with E-state index in [1.807, 2.05) is 30.3 Å². The molecule has 0 aliphatic carbocycles. The van der Waals surface area contributed by atoms with Crippen molar-refractivity contribution in [3.63, 3.8) is 0 Å². The number of anilines is 2. The number of carbonyl (C=O) groups is 1. The molecule has 0 radical (unpaired) electrons. The van der Waals surface area contributed by atoms with E-state index in [1.54, 1.807) is 13.8 Å². The van der Waals surface area contributed by atoms with Gasteiger partial charge in [-0.3, -0.25) is 9.59 Å². The first-order valence-electron chi connectivity index (χ1n) is 9.34. The van der Waals surface area contributed by atoms with Crippen molar-refractivity contribution in [3.8, 4) is 6.07 Å². The number of nitrogens with zero attached hydrogens (tertiary/aromatic N) is 2. The first-order chi connectivity index (χ1) is 13.5. The SMILES string of the molecule is Cc1[nH]c(=O)c(C#N)c(C)c1CCC(=O)Nc1ccc(N2CCOCC2)cc1. The molecule has 0 bridgehead atoms. The van der Waals surface area contributed by atoms with Crippen LogP contribution in [-0.2, 0) is 16.0 Å². The normalized spacial score (nSPS) is 13.8. The summed E-state index contributed by atoms with van der Waals surface area (Å²) in [5, 5.41) is 12.0. The summed E-state index contributed by atoms with van der Waals surface area (Å²) in [6, 6.07) is 9.72. The number of hydrogen-bond acceptors (Lipinski definition) is 5. The zero-order valence-corrected chi connectivity index (χ0v) is 16.2. The maximum Gasteiger partial charge on any atom is 0.266 e. The third-order valence-electron chi connectivity index (χ3n) is 5.05. The van der Waals surface area contributed by atoms with E-state index in [1.165, 1.54) is 0 Å². The quantitative estimate of drug-likeness (QED) is 0.829. The molecule has 1 saturated heterocycles. The third kappa shape index (κ3) is 4.41. The summed E-state index contributed by atoms with van der Waals surface area (Å²) in [7, 11) is 0. The molecule has 0 saturated carbocycles. The lowest BCUT2D eigenvalue weighted by molar-refractivity contribution is -0.116. The minimum atomic E-state index is -0.383. The van der Waals surface area contributed by atoms with Crippen LogP contribution in [0.2, 0.25) is 0 Å². The molecule has 0 atom stereocenters. The van der Waals surface area contributed by atoms with Crippen molar-refractivity contribution in [2.75, 3.05) is 36.5 Å². The number of aromatic amines is 1. The lowest BCUT2D eigenvalue weighted by Gasteiger charge is -2.28. The van der Waals surface area contributed by atoms with Gasteiger partial charge in [-0.25, -0.2) is 0 Å². The van der Waals surface area contributed by atoms with Crippen molar-refractivity contribution < 1.29 is 9.53 Å². The highest BCUT2D eigenvalue weighted by Gasteiger charge is 2.14. The summed E-state index contributed by atoms with van der Waals surface area (Å²) in [4.78, 5) is 29.1. The Morgan fingerprint density at radius 1 is 1.25 bits per heavy atom. The number of nitriles is 1. The van der Waals surface area contributed by atoms with E-state index < -0.39 is 0 Å². The van der Waals surface area contributed by atoms with Crippen molar-refractivity contribution in [1.29, 1.82) is 5.26 Å². The maximum atomic E-state index is 12.3. The second-order valence-electron chi connectivity index (χ2n) is 6.86. The van der Waals surface area contributed by atoms with Crippen LogP contribution in [0.3, 0.4) is 0 Å². The number of benzene rings is 1. The Morgan fingerprint density at radius 3 is 2.57 bits per heavy atom. The number of H-pyrrole nitrogens is 1. The van der Waals surface area contributed by atoms with Crippen LogP contribution in [0.4, 0.5) is 11.4 Å². The predicted octanol–water partition coefficient (Wildman–Crippen LogP) is 2.27. The average molecular weight is 380 g/mol. The third-order valence-corrected chi connectivity index (χ3v) is 5.05. The molecule has 146 valence electrons. The van der Waals surface area contributed by atoms with Crippen LogP contribution in [-0.4, -0.2) is 37.2 Å². The first-order valence-corrected chi connectivity index (χ1v) is 9.34. The minimum Gasteiger partial charge on any atom is -0.378 e. The predicted molar refractivity (Wildman–Crippen MR) is 108 cm³/mol. The van der Waals surface area contributed by atoms with E-state index in [4.69, 9.17) is 10.00 Å². The number of ether oxygens (including phenoxy) is 1. The van der Waals surface area contributed by atoms with Crippen LogP contribution < -0.4 is 15.8 Å². The molecule has 2 N–H and O–H groups in total. The smallest absolute Gasteiger partial charge is 0.266 e. The van der Waals surface area contributed by atoms with E-state index in [-0.39, 0.29) is 23.5 Å². The van der Waals surface area contributed by atoms with E-state index >= 15 is 0 Å². The van der Waals surface area contributed by atoms with Crippen LogP contribution in [0.1, 0.15) is 28.8 Å². The number of carbonyl (C=O) groups excluding carboxylic acids is 1. The van der Waals surface area contributed by atoms with Gasteiger partial charge in [0.05, 0.1) is 13.2 Å². The Labute approximate surface area is 163 Å². The molecule has 7 nitrogen and oxygen atoms in total. The Hall–Kier alpha value is -3.11. The molecule has 28 heavy (non-hydrogen) atoms. The van der Waals surface area contributed by atoms with E-state index in [9.17, 15) is 9.59 Å². The summed E-state index contributed by atoms with van der Waals surface area (Å²) in [5.41, 5.74) is 3.77. The Balaban J connectivity index is 1.61. The number of aryl methyl sites for hydroxylation is 1. The highest BCUT2D eigenvalue weighted by Crippen LogP contribution is 2.20. The number of hydrogen-bond donors (Lipinski definition) is 2. The number of nitrogens with one attached hydrogen (secondary N) is 2. The number of pyridine rings is 1. The molecule has 0 unspecified atom stereocenters. The van der Waals surface area contributed by atoms with Gasteiger partial charge in [0.15, 0.2) is 0 Å². The Bertz CT molecular complexity index is 951. The van der Waals surface area contributed by atoms with Crippen LogP contribution in [0.25, 0.3) is 0 Å². The molecule has 7 heteroatoms. The molecule has 1 aliphatic heterocycles. The molecule has 1 fully saturated rings. The fourth-order valence-electron chi connectivity index (χ4n) is 3.46. The van der Waals surface area contributed by atoms with Crippen molar-refractivity contribution in [3.05, 3.63) is 57.0 Å². The second-order valence-corrected chi connectivity index (χ2v) is 6.86. The molecule has 2 aromatic rings. The fourth-order valence-corrected chi connectivity index (χ4v) is 3.46. The van der Waals surface area contributed by atoms with Crippen LogP contribution in [0.15, 0.2) is 29.1 Å². The molecule has 0 spiro atoms. The number of aromatic nitrogens is 1. The van der Waals surface area contributed by atoms with Gasteiger partial charge in [-0.05, 0) is 55.7 Å². The summed E-state index contributed by atoms with van der Waals surface area (Å²) >= 11 is 0. The number of rotatable bonds is 5. The number of amides is 1. The second kappa shape index (κ2) is 8.72. The van der Waals surface area contributed by atoms with E-state index in [0.717, 1.165) is 43.2 Å². The molecule has 2 heterocycles. The van der Waals surface area contributed by atoms with E-state index in [2.05, 4.69) is 15.2 Å². The fraction of sp³-hybridized carbons (Fsp3) is 0.381. The lowest BCUT2D eigenvalue weighted by atomic mass is 9.99. The van der Waals surface area contributed by atoms with Gasteiger partial charge in [-0.15, -0.1) is 0 Å². The molecule has 1 aromatic carbocycles. The molecule has 3 rings (SSSR count). The highest BCUT2D eigenvalue weighted by atomic mass is 16.5. The highest BCUT2D eigenvalue weighted by molar-refractivity contribution is 5.91. The van der Waals surface area contributed by atoms with Gasteiger partial charge < -0.3 is 19.9 Å². The van der Waals surface area contributed by atoms with Crippen molar-refractivity contribution in [2.45, 2.75) is 26.7 Å². The molecule has 1 aliphatic rings. The monoisotopic (exact) mass is 380 g/mol. The minimum absolute atomic E-state index is 0.109. The average Bonchev–Trinajstić information content (AvgIpc) is 2.69. The van der Waals surface area contributed by atoms with Gasteiger partial charge in [0.2, 0.25) is 5.91 Å². The summed E-state index contributed by atoms with van der Waals surface area (Å²) in [5.74, 6) is -0.109. The Morgan fingerprint density at radius 2 is 1.93 bits per heavy atom. The molecule has 1 aromatic heterocycles. The van der Waals surface area contributed by atoms with Gasteiger partial charge in [0, 0.05) is 36.6 Å². The zero-order chi connectivity index (χ0) is 20.1. The summed E-state index contributed by atoms with van der Waals surface area (Å²) in [6.07, 6.45) is 0.727. The van der Waals surface area contributed by atoms with Gasteiger partial charge in [0.25, 0.3) is 5.56 Å². The molecule has 1 amide bonds. The topological polar surface area (TPSA) is 98.2 Å². The van der Waals surface area contributed by atoms with Crippen LogP contribution in [0.5, 0.6) is 0 Å². The van der Waals surface area contributed by atoms with Crippen molar-refractivity contribution >= 4 is 17.3 Å². The Kier molecular flexibility index (Phi) is 6.12. The van der Waals surface area contributed by atoms with Crippen molar-refractivity contribution in [2.24, 2.45) is 0 Å².